The lowest BCUT2D eigenvalue weighted by Crippen LogP contribution is -2.29. The first kappa shape index (κ1) is 20.7. The number of benzene rings is 1. The highest BCUT2D eigenvalue weighted by molar-refractivity contribution is 7.80. The third kappa shape index (κ3) is 4.32. The van der Waals surface area contributed by atoms with Gasteiger partial charge in [0.05, 0.1) is 22.1 Å². The molecule has 1 aromatic carbocycles. The van der Waals surface area contributed by atoms with Gasteiger partial charge in [0.15, 0.2) is 5.11 Å². The van der Waals surface area contributed by atoms with Crippen LogP contribution in [0.25, 0.3) is 0 Å². The van der Waals surface area contributed by atoms with Gasteiger partial charge in [-0.05, 0) is 60.7 Å². The largest absolute Gasteiger partial charge is 0.375 e. The molecule has 1 aliphatic rings. The van der Waals surface area contributed by atoms with Gasteiger partial charge in [0.1, 0.15) is 6.61 Å². The van der Waals surface area contributed by atoms with Gasteiger partial charge < -0.3 is 20.3 Å². The molecule has 30 heavy (non-hydrogen) atoms. The van der Waals surface area contributed by atoms with E-state index in [2.05, 4.69) is 20.5 Å². The van der Waals surface area contributed by atoms with E-state index >= 15 is 0 Å². The van der Waals surface area contributed by atoms with E-state index in [0.717, 1.165) is 20.6 Å². The number of carbonyl (C=O) groups excluding carboxylic acids is 1. The molecule has 2 aromatic heterocycles. The van der Waals surface area contributed by atoms with Crippen molar-refractivity contribution in [2.45, 2.75) is 12.1 Å². The number of thiocarbonyl (C=S) groups is 1. The first-order valence-electron chi connectivity index (χ1n) is 9.21. The minimum Gasteiger partial charge on any atom is -0.375 e. The summed E-state index contributed by atoms with van der Waals surface area (Å²) in [6.07, 6.45) is 1.78. The zero-order valence-corrected chi connectivity index (χ0v) is 18.4. The number of hydrogen-bond acceptors (Lipinski definition) is 5. The summed E-state index contributed by atoms with van der Waals surface area (Å²) in [5.74, 6) is -0.204. The van der Waals surface area contributed by atoms with E-state index in [1.54, 1.807) is 6.20 Å². The molecule has 1 saturated heterocycles. The smallest absolute Gasteiger partial charge is 0.250 e. The predicted octanol–water partition coefficient (Wildman–Crippen LogP) is 4.56. The van der Waals surface area contributed by atoms with E-state index in [1.165, 1.54) is 18.4 Å². The number of nitrogens with one attached hydrogen (secondary N) is 2. The van der Waals surface area contributed by atoms with Crippen molar-refractivity contribution in [2.75, 3.05) is 23.9 Å². The number of pyridine rings is 1. The maximum Gasteiger partial charge on any atom is 0.250 e. The van der Waals surface area contributed by atoms with Crippen LogP contribution in [0.1, 0.15) is 22.7 Å². The molecule has 1 fully saturated rings. The van der Waals surface area contributed by atoms with Crippen LogP contribution in [-0.4, -0.2) is 29.7 Å². The van der Waals surface area contributed by atoms with Crippen LogP contribution >= 0.6 is 35.2 Å². The average Bonchev–Trinajstić information content (AvgIpc) is 3.32. The Hall–Kier alpha value is -2.52. The molecule has 0 radical (unpaired) electrons. The van der Waals surface area contributed by atoms with Gasteiger partial charge in [-0.1, -0.05) is 17.7 Å². The van der Waals surface area contributed by atoms with Crippen molar-refractivity contribution in [1.82, 2.24) is 10.3 Å². The molecule has 2 N–H and O–H groups in total. The highest BCUT2D eigenvalue weighted by atomic mass is 35.5. The Kier molecular flexibility index (Phi) is 6.29. The molecular weight excluding hydrogens is 440 g/mol. The summed E-state index contributed by atoms with van der Waals surface area (Å²) >= 11 is 13.5. The van der Waals surface area contributed by atoms with Crippen LogP contribution in [-0.2, 0) is 9.53 Å². The summed E-state index contributed by atoms with van der Waals surface area (Å²) in [5, 5.41) is 6.82. The summed E-state index contributed by atoms with van der Waals surface area (Å²) < 4.78 is 5.57. The van der Waals surface area contributed by atoms with E-state index in [0.29, 0.717) is 10.8 Å². The van der Waals surface area contributed by atoms with Gasteiger partial charge in [0.25, 0.3) is 0 Å². The van der Waals surface area contributed by atoms with Gasteiger partial charge in [-0.3, -0.25) is 9.78 Å². The Morgan fingerprint density at radius 1 is 1.27 bits per heavy atom. The Balaban J connectivity index is 1.67. The Bertz CT molecular complexity index is 1040. The van der Waals surface area contributed by atoms with Crippen LogP contribution in [0.4, 0.5) is 11.4 Å². The van der Waals surface area contributed by atoms with Gasteiger partial charge in [0.2, 0.25) is 5.91 Å². The molecule has 0 spiro atoms. The topological polar surface area (TPSA) is 66.5 Å². The molecule has 154 valence electrons. The minimum atomic E-state index is -0.204. The van der Waals surface area contributed by atoms with Gasteiger partial charge in [-0.15, -0.1) is 11.3 Å². The highest BCUT2D eigenvalue weighted by Gasteiger charge is 2.41. The van der Waals surface area contributed by atoms with Crippen molar-refractivity contribution in [3.63, 3.8) is 0 Å². The van der Waals surface area contributed by atoms with Crippen molar-refractivity contribution in [3.05, 3.63) is 75.7 Å². The summed E-state index contributed by atoms with van der Waals surface area (Å²) in [6.45, 7) is 0.00878. The number of methoxy groups -OCH3 is 1. The van der Waals surface area contributed by atoms with Gasteiger partial charge in [-0.2, -0.15) is 0 Å². The van der Waals surface area contributed by atoms with Gasteiger partial charge in [-0.25, -0.2) is 0 Å². The second kappa shape index (κ2) is 9.09. The van der Waals surface area contributed by atoms with E-state index in [4.69, 9.17) is 28.6 Å². The molecular formula is C21H19ClN4O2S2. The van der Waals surface area contributed by atoms with E-state index in [-0.39, 0.29) is 24.6 Å². The number of anilines is 2. The average molecular weight is 459 g/mol. The monoisotopic (exact) mass is 458 g/mol. The molecule has 3 aromatic rings. The Labute approximate surface area is 188 Å². The lowest BCUT2D eigenvalue weighted by atomic mass is 10.0. The number of ether oxygens (including phenoxy) is 1. The number of rotatable bonds is 6. The molecule has 3 heterocycles. The van der Waals surface area contributed by atoms with Crippen molar-refractivity contribution >= 4 is 57.5 Å². The summed E-state index contributed by atoms with van der Waals surface area (Å²) in [5.41, 5.74) is 2.50. The zero-order chi connectivity index (χ0) is 21.1. The third-order valence-electron chi connectivity index (χ3n) is 4.69. The second-order valence-corrected chi connectivity index (χ2v) is 8.80. The molecule has 6 nitrogen and oxygen atoms in total. The molecule has 1 aliphatic heterocycles. The van der Waals surface area contributed by atoms with Crippen molar-refractivity contribution in [3.8, 4) is 0 Å². The number of amides is 1. The van der Waals surface area contributed by atoms with Crippen LogP contribution < -0.4 is 15.5 Å². The summed E-state index contributed by atoms with van der Waals surface area (Å²) in [4.78, 5) is 19.4. The molecule has 2 atom stereocenters. The first-order chi connectivity index (χ1) is 14.6. The van der Waals surface area contributed by atoms with Crippen LogP contribution in [0.15, 0.2) is 60.8 Å². The van der Waals surface area contributed by atoms with E-state index in [9.17, 15) is 4.79 Å². The van der Waals surface area contributed by atoms with Crippen LogP contribution in [0.5, 0.6) is 0 Å². The van der Waals surface area contributed by atoms with Crippen LogP contribution in [0.2, 0.25) is 4.34 Å². The lowest BCUT2D eigenvalue weighted by Gasteiger charge is -2.27. The minimum absolute atomic E-state index is 0.00878. The van der Waals surface area contributed by atoms with Gasteiger partial charge >= 0.3 is 0 Å². The molecule has 1 amide bonds. The third-order valence-corrected chi connectivity index (χ3v) is 6.30. The number of aromatic nitrogens is 1. The van der Waals surface area contributed by atoms with Crippen molar-refractivity contribution in [1.29, 1.82) is 0 Å². The van der Waals surface area contributed by atoms with Gasteiger partial charge in [0, 0.05) is 29.6 Å². The quantitative estimate of drug-likeness (QED) is 0.528. The van der Waals surface area contributed by atoms with E-state index < -0.39 is 0 Å². The molecule has 4 rings (SSSR count). The number of nitrogens with zero attached hydrogens (tertiary/aromatic N) is 2. The molecule has 0 bridgehead atoms. The van der Waals surface area contributed by atoms with Crippen molar-refractivity contribution in [2.24, 2.45) is 0 Å². The molecule has 9 heteroatoms. The van der Waals surface area contributed by atoms with Crippen LogP contribution in [0, 0.1) is 0 Å². The lowest BCUT2D eigenvalue weighted by molar-refractivity contribution is -0.119. The fourth-order valence-corrected chi connectivity index (χ4v) is 4.98. The summed E-state index contributed by atoms with van der Waals surface area (Å²) in [6, 6.07) is 17.1. The second-order valence-electron chi connectivity index (χ2n) is 6.67. The normalized spacial score (nSPS) is 18.3. The maximum absolute atomic E-state index is 11.7. The number of thiophene rings is 1. The SMILES string of the molecule is COCC(=O)Nc1ccc(N2C(=S)N[C@@H](c3ccccn3)[C@H]2c2ccc(Cl)s2)cc1. The first-order valence-corrected chi connectivity index (χ1v) is 10.8. The highest BCUT2D eigenvalue weighted by Crippen LogP contribution is 2.44. The van der Waals surface area contributed by atoms with E-state index in [1.807, 2.05) is 54.6 Å². The Morgan fingerprint density at radius 2 is 2.07 bits per heavy atom. The molecule has 0 saturated carbocycles. The number of halogens is 1. The maximum atomic E-state index is 11.7. The zero-order valence-electron chi connectivity index (χ0n) is 16.0. The summed E-state index contributed by atoms with van der Waals surface area (Å²) in [7, 11) is 1.49. The number of carbonyl (C=O) groups is 1. The van der Waals surface area contributed by atoms with Crippen LogP contribution in [0.3, 0.4) is 0 Å². The standard InChI is InChI=1S/C21H19ClN4O2S2/c1-28-12-18(27)24-13-5-7-14(8-6-13)26-20(16-9-10-17(22)30-16)19(25-21(26)29)15-4-2-3-11-23-15/h2-11,19-20H,12H2,1H3,(H,24,27)(H,25,29)/t19-,20+/m0/s1. The number of hydrogen-bond donors (Lipinski definition) is 2. The Morgan fingerprint density at radius 3 is 2.70 bits per heavy atom. The molecule has 0 unspecified atom stereocenters. The van der Waals surface area contributed by atoms with Crippen molar-refractivity contribution < 1.29 is 9.53 Å². The molecule has 0 aliphatic carbocycles. The fourth-order valence-electron chi connectivity index (χ4n) is 3.44. The predicted molar refractivity (Wildman–Crippen MR) is 124 cm³/mol. The fraction of sp³-hybridized carbons (Fsp3) is 0.190.